The van der Waals surface area contributed by atoms with E-state index in [4.69, 9.17) is 12.2 Å². The predicted molar refractivity (Wildman–Crippen MR) is 54.2 cm³/mol. The van der Waals surface area contributed by atoms with Gasteiger partial charge in [0.05, 0.1) is 6.54 Å². The van der Waals surface area contributed by atoms with Crippen molar-refractivity contribution < 1.29 is 0 Å². The molecule has 0 atom stereocenters. The van der Waals surface area contributed by atoms with Crippen molar-refractivity contribution in [1.29, 1.82) is 0 Å². The summed E-state index contributed by atoms with van der Waals surface area (Å²) in [4.78, 5) is 6.08. The number of nitrogens with two attached hydrogens (primary N) is 1. The number of terminal acetylenes is 1. The van der Waals surface area contributed by atoms with Crippen molar-refractivity contribution in [2.24, 2.45) is 5.73 Å². The third kappa shape index (κ3) is 2.46. The predicted octanol–water partition coefficient (Wildman–Crippen LogP) is 0.610. The fourth-order valence-electron chi connectivity index (χ4n) is 1.01. The standard InChI is InChI=1S/C10H13N3/c1-3-6-13(2)10-7-9(8-11)4-5-12-10/h1,4-5,7H,6,8,11H2,2H3. The molecule has 1 rings (SSSR count). The molecule has 13 heavy (non-hydrogen) atoms. The van der Waals surface area contributed by atoms with Crippen LogP contribution in [0.5, 0.6) is 0 Å². The molecule has 0 aliphatic carbocycles. The van der Waals surface area contributed by atoms with Gasteiger partial charge in [-0.3, -0.25) is 0 Å². The summed E-state index contributed by atoms with van der Waals surface area (Å²) >= 11 is 0. The van der Waals surface area contributed by atoms with Gasteiger partial charge in [-0.2, -0.15) is 0 Å². The van der Waals surface area contributed by atoms with Crippen molar-refractivity contribution in [3.8, 4) is 12.3 Å². The number of anilines is 1. The Balaban J connectivity index is 2.83. The second-order valence-corrected chi connectivity index (χ2v) is 2.79. The van der Waals surface area contributed by atoms with Gasteiger partial charge in [0, 0.05) is 19.8 Å². The van der Waals surface area contributed by atoms with Crippen molar-refractivity contribution >= 4 is 5.82 Å². The Bertz CT molecular complexity index is 314. The summed E-state index contributed by atoms with van der Waals surface area (Å²) in [6.45, 7) is 1.08. The van der Waals surface area contributed by atoms with Crippen LogP contribution in [0.1, 0.15) is 5.56 Å². The lowest BCUT2D eigenvalue weighted by Gasteiger charge is -2.14. The molecule has 0 radical (unpaired) electrons. The van der Waals surface area contributed by atoms with Crippen LogP contribution in [0.2, 0.25) is 0 Å². The van der Waals surface area contributed by atoms with Crippen LogP contribution >= 0.6 is 0 Å². The van der Waals surface area contributed by atoms with Gasteiger partial charge in [-0.1, -0.05) is 5.92 Å². The number of rotatable bonds is 3. The molecule has 0 saturated carbocycles. The van der Waals surface area contributed by atoms with Crippen molar-refractivity contribution in [2.75, 3.05) is 18.5 Å². The second-order valence-electron chi connectivity index (χ2n) is 2.79. The van der Waals surface area contributed by atoms with Crippen LogP contribution in [0.25, 0.3) is 0 Å². The summed E-state index contributed by atoms with van der Waals surface area (Å²) in [6, 6.07) is 3.84. The normalized spacial score (nSPS) is 9.31. The van der Waals surface area contributed by atoms with Crippen LogP contribution in [0.15, 0.2) is 18.3 Å². The lowest BCUT2D eigenvalue weighted by atomic mass is 10.2. The van der Waals surface area contributed by atoms with Gasteiger partial charge < -0.3 is 10.6 Å². The molecule has 0 aromatic carbocycles. The third-order valence-electron chi connectivity index (χ3n) is 1.77. The summed E-state index contributed by atoms with van der Waals surface area (Å²) in [5.41, 5.74) is 6.57. The molecule has 3 nitrogen and oxygen atoms in total. The average molecular weight is 175 g/mol. The zero-order valence-electron chi connectivity index (χ0n) is 7.70. The quantitative estimate of drug-likeness (QED) is 0.684. The molecule has 0 fully saturated rings. The molecule has 0 aliphatic heterocycles. The molecule has 0 amide bonds. The highest BCUT2D eigenvalue weighted by molar-refractivity contribution is 5.41. The molecule has 68 valence electrons. The molecular weight excluding hydrogens is 162 g/mol. The van der Waals surface area contributed by atoms with E-state index in [1.165, 1.54) is 0 Å². The van der Waals surface area contributed by atoms with Crippen molar-refractivity contribution in [1.82, 2.24) is 4.98 Å². The summed E-state index contributed by atoms with van der Waals surface area (Å²) < 4.78 is 0. The zero-order valence-corrected chi connectivity index (χ0v) is 7.70. The van der Waals surface area contributed by atoms with E-state index in [0.717, 1.165) is 11.4 Å². The van der Waals surface area contributed by atoms with E-state index in [1.54, 1.807) is 6.20 Å². The van der Waals surface area contributed by atoms with E-state index in [9.17, 15) is 0 Å². The Hall–Kier alpha value is -1.53. The van der Waals surface area contributed by atoms with E-state index < -0.39 is 0 Å². The Kier molecular flexibility index (Phi) is 3.30. The first-order valence-corrected chi connectivity index (χ1v) is 4.07. The molecular formula is C10H13N3. The summed E-state index contributed by atoms with van der Waals surface area (Å²) in [5, 5.41) is 0. The summed E-state index contributed by atoms with van der Waals surface area (Å²) in [6.07, 6.45) is 6.93. The Morgan fingerprint density at radius 2 is 2.46 bits per heavy atom. The van der Waals surface area contributed by atoms with Crippen LogP contribution in [0.3, 0.4) is 0 Å². The Morgan fingerprint density at radius 1 is 1.69 bits per heavy atom. The van der Waals surface area contributed by atoms with Gasteiger partial charge in [-0.25, -0.2) is 4.98 Å². The van der Waals surface area contributed by atoms with E-state index in [1.807, 2.05) is 24.1 Å². The molecule has 3 heteroatoms. The van der Waals surface area contributed by atoms with E-state index in [0.29, 0.717) is 13.1 Å². The maximum absolute atomic E-state index is 5.51. The minimum Gasteiger partial charge on any atom is -0.349 e. The number of pyridine rings is 1. The van der Waals surface area contributed by atoms with Gasteiger partial charge in [0.1, 0.15) is 5.82 Å². The van der Waals surface area contributed by atoms with Crippen LogP contribution in [0, 0.1) is 12.3 Å². The lowest BCUT2D eigenvalue weighted by Crippen LogP contribution is -2.18. The highest BCUT2D eigenvalue weighted by Crippen LogP contribution is 2.09. The molecule has 1 aromatic heterocycles. The van der Waals surface area contributed by atoms with Crippen molar-refractivity contribution in [3.05, 3.63) is 23.9 Å². The first kappa shape index (κ1) is 9.56. The maximum Gasteiger partial charge on any atom is 0.129 e. The third-order valence-corrected chi connectivity index (χ3v) is 1.77. The molecule has 0 unspecified atom stereocenters. The number of nitrogens with zero attached hydrogens (tertiary/aromatic N) is 2. The summed E-state index contributed by atoms with van der Waals surface area (Å²) in [5.74, 6) is 3.42. The summed E-state index contributed by atoms with van der Waals surface area (Å²) in [7, 11) is 1.91. The average Bonchev–Trinajstić information content (AvgIpc) is 2.18. The molecule has 0 spiro atoms. The van der Waals surface area contributed by atoms with Crippen molar-refractivity contribution in [3.63, 3.8) is 0 Å². The van der Waals surface area contributed by atoms with Gasteiger partial charge in [-0.05, 0) is 17.7 Å². The topological polar surface area (TPSA) is 42.1 Å². The fourth-order valence-corrected chi connectivity index (χ4v) is 1.01. The lowest BCUT2D eigenvalue weighted by molar-refractivity contribution is 0.985. The first-order chi connectivity index (χ1) is 6.27. The SMILES string of the molecule is C#CCN(C)c1cc(CN)ccn1. The van der Waals surface area contributed by atoms with Crippen LogP contribution in [-0.4, -0.2) is 18.6 Å². The highest BCUT2D eigenvalue weighted by Gasteiger charge is 2.00. The molecule has 0 aliphatic rings. The van der Waals surface area contributed by atoms with Gasteiger partial charge in [0.15, 0.2) is 0 Å². The van der Waals surface area contributed by atoms with Gasteiger partial charge >= 0.3 is 0 Å². The van der Waals surface area contributed by atoms with Crippen LogP contribution in [0.4, 0.5) is 5.82 Å². The van der Waals surface area contributed by atoms with Gasteiger partial charge in [0.2, 0.25) is 0 Å². The minimum atomic E-state index is 0.527. The van der Waals surface area contributed by atoms with E-state index in [-0.39, 0.29) is 0 Å². The molecule has 0 saturated heterocycles. The maximum atomic E-state index is 5.51. The smallest absolute Gasteiger partial charge is 0.129 e. The highest BCUT2D eigenvalue weighted by atomic mass is 15.1. The van der Waals surface area contributed by atoms with Gasteiger partial charge in [-0.15, -0.1) is 6.42 Å². The largest absolute Gasteiger partial charge is 0.349 e. The van der Waals surface area contributed by atoms with Crippen LogP contribution in [-0.2, 0) is 6.54 Å². The van der Waals surface area contributed by atoms with Crippen LogP contribution < -0.4 is 10.6 Å². The number of hydrogen-bond acceptors (Lipinski definition) is 3. The first-order valence-electron chi connectivity index (χ1n) is 4.07. The molecule has 1 heterocycles. The number of aromatic nitrogens is 1. The van der Waals surface area contributed by atoms with E-state index in [2.05, 4.69) is 10.9 Å². The Morgan fingerprint density at radius 3 is 3.08 bits per heavy atom. The molecule has 0 bridgehead atoms. The molecule has 1 aromatic rings. The minimum absolute atomic E-state index is 0.527. The fraction of sp³-hybridized carbons (Fsp3) is 0.300. The monoisotopic (exact) mass is 175 g/mol. The number of hydrogen-bond donors (Lipinski definition) is 1. The zero-order chi connectivity index (χ0) is 9.68. The second kappa shape index (κ2) is 4.48. The van der Waals surface area contributed by atoms with Crippen molar-refractivity contribution in [2.45, 2.75) is 6.54 Å². The van der Waals surface area contributed by atoms with Gasteiger partial charge in [0.25, 0.3) is 0 Å². The Labute approximate surface area is 78.6 Å². The van der Waals surface area contributed by atoms with E-state index >= 15 is 0 Å². The molecule has 2 N–H and O–H groups in total.